The van der Waals surface area contributed by atoms with E-state index in [4.69, 9.17) is 9.47 Å². The largest absolute Gasteiger partial charge is 0.496 e. The smallest absolute Gasteiger partial charge is 0.321 e. The second-order valence-electron chi connectivity index (χ2n) is 5.96. The maximum Gasteiger partial charge on any atom is 0.321 e. The zero-order valence-electron chi connectivity index (χ0n) is 12.4. The third kappa shape index (κ3) is 2.84. The topological polar surface area (TPSA) is 52.6 Å². The Morgan fingerprint density at radius 3 is 2.55 bits per heavy atom. The van der Waals surface area contributed by atoms with Gasteiger partial charge in [0.2, 0.25) is 0 Å². The lowest BCUT2D eigenvalue weighted by Gasteiger charge is -2.28. The number of methoxy groups -OCH3 is 1. The second kappa shape index (κ2) is 5.27. The number of carbonyl (C=O) groups is 2. The van der Waals surface area contributed by atoms with Crippen molar-refractivity contribution in [2.75, 3.05) is 7.11 Å². The van der Waals surface area contributed by atoms with Gasteiger partial charge in [0.25, 0.3) is 0 Å². The summed E-state index contributed by atoms with van der Waals surface area (Å²) in [4.78, 5) is 24.4. The fourth-order valence-electron chi connectivity index (χ4n) is 2.50. The van der Waals surface area contributed by atoms with Crippen LogP contribution in [-0.2, 0) is 20.7 Å². The molecule has 4 heteroatoms. The first-order valence-electron chi connectivity index (χ1n) is 6.75. The minimum absolute atomic E-state index is 0.0833. The molecule has 0 fully saturated rings. The van der Waals surface area contributed by atoms with E-state index in [1.807, 2.05) is 12.1 Å². The predicted octanol–water partition coefficient (Wildman–Crippen LogP) is 2.64. The maximum atomic E-state index is 12.3. The van der Waals surface area contributed by atoms with Crippen LogP contribution in [0.5, 0.6) is 5.75 Å². The number of hydrogen-bond donors (Lipinski definition) is 0. The van der Waals surface area contributed by atoms with Crippen molar-refractivity contribution in [3.05, 3.63) is 29.3 Å². The highest BCUT2D eigenvalue weighted by atomic mass is 16.6. The molecule has 2 rings (SSSR count). The summed E-state index contributed by atoms with van der Waals surface area (Å²) in [6, 6.07) is 5.46. The Kier molecular flexibility index (Phi) is 3.84. The molecule has 0 aliphatic heterocycles. The fraction of sp³-hybridized carbons (Fsp3) is 0.500. The normalized spacial score (nSPS) is 18.4. The molecule has 0 N–H and O–H groups in total. The lowest BCUT2D eigenvalue weighted by Crippen LogP contribution is -2.34. The molecule has 1 aliphatic rings. The van der Waals surface area contributed by atoms with E-state index in [1.165, 1.54) is 0 Å². The molecule has 1 aliphatic carbocycles. The minimum Gasteiger partial charge on any atom is -0.496 e. The zero-order chi connectivity index (χ0) is 14.9. The van der Waals surface area contributed by atoms with Crippen LogP contribution in [0.25, 0.3) is 0 Å². The highest BCUT2D eigenvalue weighted by Gasteiger charge is 2.37. The second-order valence-corrected chi connectivity index (χ2v) is 5.96. The molecule has 0 radical (unpaired) electrons. The highest BCUT2D eigenvalue weighted by molar-refractivity contribution is 6.06. The molecule has 0 bridgehead atoms. The summed E-state index contributed by atoms with van der Waals surface area (Å²) < 4.78 is 10.7. The van der Waals surface area contributed by atoms with Gasteiger partial charge in [0, 0.05) is 6.42 Å². The van der Waals surface area contributed by atoms with E-state index < -0.39 is 17.5 Å². The van der Waals surface area contributed by atoms with E-state index >= 15 is 0 Å². The Labute approximate surface area is 119 Å². The van der Waals surface area contributed by atoms with Crippen LogP contribution in [0, 0.1) is 0 Å². The summed E-state index contributed by atoms with van der Waals surface area (Å²) in [6.45, 7) is 5.39. The number of rotatable bonds is 2. The van der Waals surface area contributed by atoms with Crippen LogP contribution in [0.4, 0.5) is 0 Å². The molecule has 1 aromatic rings. The van der Waals surface area contributed by atoms with E-state index in [0.29, 0.717) is 12.8 Å². The van der Waals surface area contributed by atoms with Crippen molar-refractivity contribution in [3.8, 4) is 5.75 Å². The van der Waals surface area contributed by atoms with Gasteiger partial charge in [-0.05, 0) is 44.4 Å². The lowest BCUT2D eigenvalue weighted by atomic mass is 9.81. The third-order valence-electron chi connectivity index (χ3n) is 3.29. The molecule has 20 heavy (non-hydrogen) atoms. The summed E-state index contributed by atoms with van der Waals surface area (Å²) >= 11 is 0. The van der Waals surface area contributed by atoms with Crippen molar-refractivity contribution in [2.24, 2.45) is 0 Å². The van der Waals surface area contributed by atoms with Gasteiger partial charge in [-0.2, -0.15) is 0 Å². The highest BCUT2D eigenvalue weighted by Crippen LogP contribution is 2.36. The molecular weight excluding hydrogens is 256 g/mol. The van der Waals surface area contributed by atoms with Crippen molar-refractivity contribution in [1.82, 2.24) is 0 Å². The summed E-state index contributed by atoms with van der Waals surface area (Å²) in [5.41, 5.74) is 1.05. The van der Waals surface area contributed by atoms with Crippen LogP contribution in [-0.4, -0.2) is 24.5 Å². The molecule has 0 heterocycles. The molecule has 108 valence electrons. The van der Waals surface area contributed by atoms with E-state index in [0.717, 1.165) is 16.9 Å². The average Bonchev–Trinajstić information content (AvgIpc) is 2.35. The van der Waals surface area contributed by atoms with Crippen molar-refractivity contribution in [1.29, 1.82) is 0 Å². The van der Waals surface area contributed by atoms with E-state index in [1.54, 1.807) is 33.9 Å². The Balaban J connectivity index is 2.40. The third-order valence-corrected chi connectivity index (χ3v) is 3.29. The Morgan fingerprint density at radius 2 is 1.95 bits per heavy atom. The Bertz CT molecular complexity index is 540. The van der Waals surface area contributed by atoms with Gasteiger partial charge >= 0.3 is 5.97 Å². The number of benzene rings is 1. The first-order chi connectivity index (χ1) is 9.33. The quantitative estimate of drug-likeness (QED) is 0.615. The van der Waals surface area contributed by atoms with Crippen molar-refractivity contribution < 1.29 is 19.1 Å². The first-order valence-corrected chi connectivity index (χ1v) is 6.75. The standard InChI is InChI=1S/C16H20O4/c1-16(2,3)20-15(18)14-11-6-5-7-13(19-4)10(11)8-9-12(14)17/h5-7,14H,8-9H2,1-4H3/t14-/m0/s1. The van der Waals surface area contributed by atoms with Crippen LogP contribution in [0.15, 0.2) is 18.2 Å². The van der Waals surface area contributed by atoms with Crippen LogP contribution in [0.3, 0.4) is 0 Å². The summed E-state index contributed by atoms with van der Waals surface area (Å²) in [7, 11) is 1.59. The molecular formula is C16H20O4. The molecule has 1 atom stereocenters. The van der Waals surface area contributed by atoms with Gasteiger partial charge in [0.1, 0.15) is 17.3 Å². The predicted molar refractivity (Wildman–Crippen MR) is 74.9 cm³/mol. The van der Waals surface area contributed by atoms with Gasteiger partial charge in [0.05, 0.1) is 7.11 Å². The van der Waals surface area contributed by atoms with Crippen LogP contribution >= 0.6 is 0 Å². The molecule has 0 saturated heterocycles. The van der Waals surface area contributed by atoms with Gasteiger partial charge in [-0.1, -0.05) is 12.1 Å². The molecule has 0 saturated carbocycles. The van der Waals surface area contributed by atoms with Crippen molar-refractivity contribution in [3.63, 3.8) is 0 Å². The van der Waals surface area contributed by atoms with Crippen LogP contribution in [0.2, 0.25) is 0 Å². The van der Waals surface area contributed by atoms with Crippen molar-refractivity contribution >= 4 is 11.8 Å². The number of ether oxygens (including phenoxy) is 2. The molecule has 0 unspecified atom stereocenters. The Morgan fingerprint density at radius 1 is 1.25 bits per heavy atom. The van der Waals surface area contributed by atoms with Crippen LogP contribution < -0.4 is 4.74 Å². The number of esters is 1. The summed E-state index contributed by atoms with van der Waals surface area (Å²) in [5.74, 6) is -0.659. The van der Waals surface area contributed by atoms with E-state index in [9.17, 15) is 9.59 Å². The number of Topliss-reactive ketones (excluding diaryl/α,β-unsaturated/α-hetero) is 1. The maximum absolute atomic E-state index is 12.3. The average molecular weight is 276 g/mol. The molecule has 1 aromatic carbocycles. The van der Waals surface area contributed by atoms with Crippen LogP contribution in [0.1, 0.15) is 44.2 Å². The minimum atomic E-state index is -0.826. The van der Waals surface area contributed by atoms with Gasteiger partial charge in [-0.15, -0.1) is 0 Å². The Hall–Kier alpha value is -1.84. The molecule has 0 spiro atoms. The molecule has 4 nitrogen and oxygen atoms in total. The van der Waals surface area contributed by atoms with E-state index in [2.05, 4.69) is 0 Å². The van der Waals surface area contributed by atoms with Crippen molar-refractivity contribution in [2.45, 2.75) is 45.1 Å². The van der Waals surface area contributed by atoms with Gasteiger partial charge in [0.15, 0.2) is 5.78 Å². The SMILES string of the molecule is COc1cccc2c1CCC(=O)[C@H]2C(=O)OC(C)(C)C. The molecule has 0 aromatic heterocycles. The number of fused-ring (bicyclic) bond motifs is 1. The van der Waals surface area contributed by atoms with Gasteiger partial charge in [-0.3, -0.25) is 9.59 Å². The summed E-state index contributed by atoms with van der Waals surface area (Å²) in [6.07, 6.45) is 0.953. The number of ketones is 1. The van der Waals surface area contributed by atoms with E-state index in [-0.39, 0.29) is 5.78 Å². The number of hydrogen-bond acceptors (Lipinski definition) is 4. The summed E-state index contributed by atoms with van der Waals surface area (Å²) in [5, 5.41) is 0. The lowest BCUT2D eigenvalue weighted by molar-refractivity contribution is -0.158. The monoisotopic (exact) mass is 276 g/mol. The van der Waals surface area contributed by atoms with Gasteiger partial charge < -0.3 is 9.47 Å². The number of carbonyl (C=O) groups excluding carboxylic acids is 2. The zero-order valence-corrected chi connectivity index (χ0v) is 12.4. The fourth-order valence-corrected chi connectivity index (χ4v) is 2.50. The van der Waals surface area contributed by atoms with Gasteiger partial charge in [-0.25, -0.2) is 0 Å². The first kappa shape index (κ1) is 14.6. The molecule has 0 amide bonds.